The zero-order valence-electron chi connectivity index (χ0n) is 13.9. The number of hydrogen-bond acceptors (Lipinski definition) is 4. The number of para-hydroxylation sites is 3. The molecule has 0 saturated carbocycles. The van der Waals surface area contributed by atoms with Crippen LogP contribution in [0.3, 0.4) is 0 Å². The molecule has 0 spiro atoms. The maximum absolute atomic E-state index is 5.09. The molecule has 4 rings (SSSR count). The number of hydroxylamine groups is 1. The van der Waals surface area contributed by atoms with Gasteiger partial charge in [0, 0.05) is 23.1 Å². The van der Waals surface area contributed by atoms with E-state index in [2.05, 4.69) is 16.1 Å². The largest absolute Gasteiger partial charge is 0.382 e. The topological polar surface area (TPSA) is 45.3 Å². The summed E-state index contributed by atoms with van der Waals surface area (Å²) in [6.07, 6.45) is 3.74. The summed E-state index contributed by atoms with van der Waals surface area (Å²) in [5, 5.41) is 6.56. The minimum atomic E-state index is 0.730. The van der Waals surface area contributed by atoms with E-state index < -0.39 is 0 Å². The summed E-state index contributed by atoms with van der Waals surface area (Å²) in [7, 11) is 0. The molecule has 0 saturated heterocycles. The van der Waals surface area contributed by atoms with Crippen LogP contribution in [0.5, 0.6) is 5.75 Å². The number of rotatable bonds is 4. The fourth-order valence-electron chi connectivity index (χ4n) is 2.29. The Morgan fingerprint density at radius 3 is 1.84 bits per heavy atom. The SMILES string of the molecule is C1=Cc2ccccc2ON1.c1ccc(NCNc2ccccc2)cc1. The highest BCUT2D eigenvalue weighted by atomic mass is 16.6. The summed E-state index contributed by atoms with van der Waals surface area (Å²) in [5.74, 6) is 0.880. The van der Waals surface area contributed by atoms with Crippen LogP contribution in [0.25, 0.3) is 6.08 Å². The predicted octanol–water partition coefficient (Wildman–Crippen LogP) is 4.72. The first-order valence-corrected chi connectivity index (χ1v) is 8.17. The molecule has 25 heavy (non-hydrogen) atoms. The monoisotopic (exact) mass is 331 g/mol. The van der Waals surface area contributed by atoms with E-state index in [4.69, 9.17) is 4.84 Å². The third kappa shape index (κ3) is 5.32. The Bertz CT molecular complexity index is 749. The van der Waals surface area contributed by atoms with E-state index in [9.17, 15) is 0 Å². The van der Waals surface area contributed by atoms with Gasteiger partial charge in [0.15, 0.2) is 5.75 Å². The zero-order chi connectivity index (χ0) is 17.2. The fourth-order valence-corrected chi connectivity index (χ4v) is 2.29. The number of nitrogens with one attached hydrogen (secondary N) is 3. The van der Waals surface area contributed by atoms with Crippen LogP contribution in [0.1, 0.15) is 5.56 Å². The lowest BCUT2D eigenvalue weighted by molar-refractivity contribution is 0.239. The molecule has 126 valence electrons. The van der Waals surface area contributed by atoms with Crippen molar-refractivity contribution in [2.75, 3.05) is 17.3 Å². The van der Waals surface area contributed by atoms with Crippen molar-refractivity contribution >= 4 is 17.5 Å². The Hall–Kier alpha value is -3.40. The van der Waals surface area contributed by atoms with Gasteiger partial charge in [-0.3, -0.25) is 0 Å². The van der Waals surface area contributed by atoms with Gasteiger partial charge in [-0.25, -0.2) is 5.48 Å². The second kappa shape index (κ2) is 9.03. The third-order valence-corrected chi connectivity index (χ3v) is 3.55. The molecule has 0 amide bonds. The molecule has 4 nitrogen and oxygen atoms in total. The van der Waals surface area contributed by atoms with E-state index in [1.165, 1.54) is 0 Å². The summed E-state index contributed by atoms with van der Waals surface area (Å²) < 4.78 is 0. The fraction of sp³-hybridized carbons (Fsp3) is 0.0476. The molecule has 3 aromatic carbocycles. The minimum absolute atomic E-state index is 0.730. The van der Waals surface area contributed by atoms with Gasteiger partial charge in [-0.2, -0.15) is 0 Å². The Kier molecular flexibility index (Phi) is 5.95. The molecule has 0 unspecified atom stereocenters. The molecule has 3 aromatic rings. The van der Waals surface area contributed by atoms with Crippen molar-refractivity contribution in [3.63, 3.8) is 0 Å². The van der Waals surface area contributed by atoms with Crippen molar-refractivity contribution < 1.29 is 4.84 Å². The van der Waals surface area contributed by atoms with Crippen molar-refractivity contribution in [1.82, 2.24) is 5.48 Å². The molecule has 1 aliphatic rings. The predicted molar refractivity (Wildman–Crippen MR) is 104 cm³/mol. The summed E-state index contributed by atoms with van der Waals surface area (Å²) in [6.45, 7) is 0.730. The maximum Gasteiger partial charge on any atom is 0.162 e. The van der Waals surface area contributed by atoms with E-state index in [0.717, 1.165) is 29.4 Å². The van der Waals surface area contributed by atoms with Gasteiger partial charge in [0.2, 0.25) is 0 Å². The molecule has 1 heterocycles. The number of benzene rings is 3. The molecule has 0 atom stereocenters. The van der Waals surface area contributed by atoms with Crippen LogP contribution in [0.2, 0.25) is 0 Å². The Balaban J connectivity index is 0.000000157. The van der Waals surface area contributed by atoms with Crippen LogP contribution in [0.4, 0.5) is 11.4 Å². The molecule has 0 fully saturated rings. The highest BCUT2D eigenvalue weighted by Gasteiger charge is 2.01. The Morgan fingerprint density at radius 2 is 1.24 bits per heavy atom. The van der Waals surface area contributed by atoms with Gasteiger partial charge < -0.3 is 15.5 Å². The highest BCUT2D eigenvalue weighted by Crippen LogP contribution is 2.20. The number of anilines is 2. The summed E-state index contributed by atoms with van der Waals surface area (Å²) in [4.78, 5) is 5.09. The van der Waals surface area contributed by atoms with Gasteiger partial charge in [-0.05, 0) is 36.4 Å². The first-order chi connectivity index (χ1) is 12.4. The van der Waals surface area contributed by atoms with Crippen LogP contribution in [0, 0.1) is 0 Å². The van der Waals surface area contributed by atoms with Crippen LogP contribution in [-0.4, -0.2) is 6.67 Å². The number of hydrogen-bond donors (Lipinski definition) is 3. The van der Waals surface area contributed by atoms with E-state index in [1.54, 1.807) is 6.20 Å². The second-order valence-corrected chi connectivity index (χ2v) is 5.35. The standard InChI is InChI=1S/C13H14N2.C8H7NO/c1-3-7-12(8-4-1)14-11-15-13-9-5-2-6-10-13;1-2-4-8-7(3-1)5-6-9-10-8/h1-10,14-15H,11H2;1-6,9H. The normalized spacial score (nSPS) is 11.0. The molecule has 0 radical (unpaired) electrons. The van der Waals surface area contributed by atoms with Crippen molar-refractivity contribution in [3.05, 3.63) is 96.7 Å². The average molecular weight is 331 g/mol. The molecule has 0 bridgehead atoms. The summed E-state index contributed by atoms with van der Waals surface area (Å²) >= 11 is 0. The van der Waals surface area contributed by atoms with Gasteiger partial charge >= 0.3 is 0 Å². The van der Waals surface area contributed by atoms with Crippen LogP contribution in [0.15, 0.2) is 91.1 Å². The second-order valence-electron chi connectivity index (χ2n) is 5.35. The summed E-state index contributed by atoms with van der Waals surface area (Å²) in [5.41, 5.74) is 6.02. The van der Waals surface area contributed by atoms with Gasteiger partial charge in [-0.15, -0.1) is 0 Å². The quantitative estimate of drug-likeness (QED) is 0.605. The molecule has 0 aromatic heterocycles. The lowest BCUT2D eigenvalue weighted by Crippen LogP contribution is -2.13. The van der Waals surface area contributed by atoms with E-state index in [1.807, 2.05) is 91.0 Å². The van der Waals surface area contributed by atoms with Crippen molar-refractivity contribution in [2.45, 2.75) is 0 Å². The van der Waals surface area contributed by atoms with Crippen molar-refractivity contribution in [3.8, 4) is 5.75 Å². The maximum atomic E-state index is 5.09. The van der Waals surface area contributed by atoms with E-state index in [-0.39, 0.29) is 0 Å². The van der Waals surface area contributed by atoms with Crippen LogP contribution in [-0.2, 0) is 0 Å². The lowest BCUT2D eigenvalue weighted by Gasteiger charge is -2.11. The molecular formula is C21H21N3O. The molecule has 0 aliphatic carbocycles. The third-order valence-electron chi connectivity index (χ3n) is 3.55. The van der Waals surface area contributed by atoms with Gasteiger partial charge in [0.25, 0.3) is 0 Å². The van der Waals surface area contributed by atoms with Crippen LogP contribution >= 0.6 is 0 Å². The van der Waals surface area contributed by atoms with Gasteiger partial charge in [-0.1, -0.05) is 54.6 Å². The average Bonchev–Trinajstić information content (AvgIpc) is 2.70. The first-order valence-electron chi connectivity index (χ1n) is 8.17. The minimum Gasteiger partial charge on any atom is -0.382 e. The summed E-state index contributed by atoms with van der Waals surface area (Å²) in [6, 6.07) is 28.1. The van der Waals surface area contributed by atoms with Crippen molar-refractivity contribution in [2.24, 2.45) is 0 Å². The highest BCUT2D eigenvalue weighted by molar-refractivity contribution is 5.58. The Labute approximate surface area is 148 Å². The van der Waals surface area contributed by atoms with Crippen LogP contribution < -0.4 is 21.0 Å². The Morgan fingerprint density at radius 1 is 0.680 bits per heavy atom. The first kappa shape index (κ1) is 16.5. The van der Waals surface area contributed by atoms with Crippen molar-refractivity contribution in [1.29, 1.82) is 0 Å². The van der Waals surface area contributed by atoms with Gasteiger partial charge in [0.05, 0.1) is 6.67 Å². The molecule has 3 N–H and O–H groups in total. The molecule has 4 heteroatoms. The lowest BCUT2D eigenvalue weighted by atomic mass is 10.2. The van der Waals surface area contributed by atoms with E-state index in [0.29, 0.717) is 0 Å². The van der Waals surface area contributed by atoms with E-state index >= 15 is 0 Å². The molecule has 1 aliphatic heterocycles. The number of fused-ring (bicyclic) bond motifs is 1. The molecular weight excluding hydrogens is 310 g/mol. The zero-order valence-corrected chi connectivity index (χ0v) is 13.9. The van der Waals surface area contributed by atoms with Gasteiger partial charge in [0.1, 0.15) is 0 Å². The smallest absolute Gasteiger partial charge is 0.162 e.